The van der Waals surface area contributed by atoms with Crippen molar-refractivity contribution in [3.63, 3.8) is 0 Å². The molecule has 0 radical (unpaired) electrons. The van der Waals surface area contributed by atoms with Gasteiger partial charge in [0.15, 0.2) is 0 Å². The first-order valence-electron chi connectivity index (χ1n) is 13.4. The molecule has 2 atom stereocenters. The topological polar surface area (TPSA) is 89.7 Å². The van der Waals surface area contributed by atoms with Crippen LogP contribution in [-0.2, 0) is 0 Å². The number of rotatable bonds is 13. The fourth-order valence-electron chi connectivity index (χ4n) is 4.37. The number of aromatic amines is 1. The Kier molecular flexibility index (Phi) is 10.5. The lowest BCUT2D eigenvalue weighted by molar-refractivity contribution is 0.227. The van der Waals surface area contributed by atoms with Crippen molar-refractivity contribution < 1.29 is 4.74 Å². The second kappa shape index (κ2) is 14.3. The average Bonchev–Trinajstić information content (AvgIpc) is 3.33. The Morgan fingerprint density at radius 2 is 1.79 bits per heavy atom. The highest BCUT2D eigenvalue weighted by molar-refractivity contribution is 6.35. The third-order valence-electron chi connectivity index (χ3n) is 6.55. The number of pyridine rings is 2. The summed E-state index contributed by atoms with van der Waals surface area (Å²) in [6, 6.07) is 9.80. The summed E-state index contributed by atoms with van der Waals surface area (Å²) in [5.74, 6) is 0.687. The maximum Gasteiger partial charge on any atom is 0.124 e. The van der Waals surface area contributed by atoms with E-state index in [4.69, 9.17) is 33.7 Å². The van der Waals surface area contributed by atoms with Crippen LogP contribution in [0.4, 0.5) is 0 Å². The highest BCUT2D eigenvalue weighted by Gasteiger charge is 2.16. The van der Waals surface area contributed by atoms with Crippen molar-refractivity contribution in [3.8, 4) is 5.75 Å². The first kappa shape index (κ1) is 28.8. The molecule has 8 heteroatoms. The number of halogens is 2. The van der Waals surface area contributed by atoms with Crippen molar-refractivity contribution >= 4 is 46.3 Å². The van der Waals surface area contributed by atoms with Crippen LogP contribution in [0.5, 0.6) is 5.75 Å². The summed E-state index contributed by atoms with van der Waals surface area (Å²) in [6.07, 6.45) is 19.8. The van der Waals surface area contributed by atoms with Gasteiger partial charge in [0.2, 0.25) is 0 Å². The molecule has 0 spiro atoms. The second-order valence-corrected chi connectivity index (χ2v) is 10.4. The second-order valence-electron chi connectivity index (χ2n) is 9.59. The van der Waals surface area contributed by atoms with Gasteiger partial charge < -0.3 is 10.5 Å². The Balaban J connectivity index is 1.37. The maximum absolute atomic E-state index is 6.38. The van der Waals surface area contributed by atoms with Gasteiger partial charge in [0.05, 0.1) is 26.9 Å². The number of allylic oxidation sites excluding steroid dienone is 2. The van der Waals surface area contributed by atoms with E-state index in [0.717, 1.165) is 60.0 Å². The van der Waals surface area contributed by atoms with Crippen molar-refractivity contribution in [1.82, 2.24) is 20.2 Å². The normalized spacial score (nSPS) is 13.5. The van der Waals surface area contributed by atoms with Crippen molar-refractivity contribution in [2.24, 2.45) is 5.73 Å². The van der Waals surface area contributed by atoms with Crippen LogP contribution < -0.4 is 10.5 Å². The summed E-state index contributed by atoms with van der Waals surface area (Å²) in [6.45, 7) is 4.10. The monoisotopic (exact) mass is 563 g/mol. The molecule has 6 nitrogen and oxygen atoms in total. The van der Waals surface area contributed by atoms with Gasteiger partial charge in [0.1, 0.15) is 11.9 Å². The zero-order valence-electron chi connectivity index (χ0n) is 22.4. The Hall–Kier alpha value is -3.19. The Morgan fingerprint density at radius 1 is 1.00 bits per heavy atom. The molecule has 3 heterocycles. The predicted molar refractivity (Wildman–Crippen MR) is 162 cm³/mol. The number of unbranched alkanes of at least 4 members (excludes halogenated alkanes) is 3. The van der Waals surface area contributed by atoms with Gasteiger partial charge in [-0.2, -0.15) is 5.10 Å². The van der Waals surface area contributed by atoms with E-state index in [9.17, 15) is 0 Å². The molecule has 0 fully saturated rings. The number of fused-ring (bicyclic) bond motifs is 1. The van der Waals surface area contributed by atoms with Gasteiger partial charge in [-0.15, -0.1) is 0 Å². The zero-order valence-corrected chi connectivity index (χ0v) is 23.9. The predicted octanol–water partition coefficient (Wildman–Crippen LogP) is 8.89. The fourth-order valence-corrected chi connectivity index (χ4v) is 5.05. The summed E-state index contributed by atoms with van der Waals surface area (Å²) in [4.78, 5) is 8.62. The van der Waals surface area contributed by atoms with Gasteiger partial charge in [-0.1, -0.05) is 67.3 Å². The highest BCUT2D eigenvalue weighted by atomic mass is 35.5. The van der Waals surface area contributed by atoms with Gasteiger partial charge in [-0.25, -0.2) is 0 Å². The van der Waals surface area contributed by atoms with Gasteiger partial charge in [0.25, 0.3) is 0 Å². The number of nitrogens with zero attached hydrogens (tertiary/aromatic N) is 3. The van der Waals surface area contributed by atoms with Crippen molar-refractivity contribution in [3.05, 3.63) is 93.6 Å². The van der Waals surface area contributed by atoms with E-state index in [-0.39, 0.29) is 12.1 Å². The van der Waals surface area contributed by atoms with E-state index < -0.39 is 0 Å². The zero-order chi connectivity index (χ0) is 27.6. The van der Waals surface area contributed by atoms with Crippen molar-refractivity contribution in [2.45, 2.75) is 64.5 Å². The van der Waals surface area contributed by atoms with Gasteiger partial charge in [-0.05, 0) is 68.5 Å². The summed E-state index contributed by atoms with van der Waals surface area (Å²) < 4.78 is 6.16. The molecule has 0 aliphatic heterocycles. The van der Waals surface area contributed by atoms with E-state index in [1.165, 1.54) is 6.42 Å². The summed E-state index contributed by atoms with van der Waals surface area (Å²) in [7, 11) is 0. The Morgan fingerprint density at radius 3 is 2.54 bits per heavy atom. The highest BCUT2D eigenvalue weighted by Crippen LogP contribution is 2.33. The Bertz CT molecular complexity index is 1390. The molecule has 0 aliphatic rings. The SMILES string of the molecule is CCC/C=C\CCCCC(N)c1ccc(/C=C/c2n[nH]c3ccc(O[C@H](C)c4c(Cl)cncc4Cl)cc23)cn1. The van der Waals surface area contributed by atoms with Crippen LogP contribution in [0.1, 0.15) is 87.0 Å². The summed E-state index contributed by atoms with van der Waals surface area (Å²) >= 11 is 12.6. The van der Waals surface area contributed by atoms with Crippen LogP contribution in [0.3, 0.4) is 0 Å². The molecule has 4 rings (SSSR count). The fraction of sp³-hybridized carbons (Fsp3) is 0.323. The van der Waals surface area contributed by atoms with Crippen LogP contribution in [0.25, 0.3) is 23.1 Å². The van der Waals surface area contributed by atoms with Crippen LogP contribution in [0, 0.1) is 0 Å². The van der Waals surface area contributed by atoms with E-state index >= 15 is 0 Å². The molecule has 204 valence electrons. The van der Waals surface area contributed by atoms with Crippen molar-refractivity contribution in [1.29, 1.82) is 0 Å². The molecule has 39 heavy (non-hydrogen) atoms. The molecular weight excluding hydrogens is 529 g/mol. The molecular formula is C31H35Cl2N5O. The number of hydrogen-bond donors (Lipinski definition) is 2. The molecule has 3 aromatic heterocycles. The standard InChI is InChI=1S/C31H35Cl2N5O/c1-3-4-5-6-7-8-9-10-27(34)30-15-12-22(18-36-30)11-14-28-24-17-23(13-16-29(24)38-37-28)39-21(2)31-25(32)19-35-20-26(31)33/h5-6,11-21,27H,3-4,7-10,34H2,1-2H3,(H,37,38)/b6-5-,14-11+/t21-,27?/m1/s1. The van der Waals surface area contributed by atoms with Crippen molar-refractivity contribution in [2.75, 3.05) is 0 Å². The lowest BCUT2D eigenvalue weighted by atomic mass is 10.0. The third kappa shape index (κ3) is 7.91. The van der Waals surface area contributed by atoms with E-state index in [1.54, 1.807) is 12.4 Å². The van der Waals surface area contributed by atoms with Crippen LogP contribution in [0.15, 0.2) is 61.1 Å². The average molecular weight is 565 g/mol. The number of aromatic nitrogens is 4. The smallest absolute Gasteiger partial charge is 0.124 e. The molecule has 0 saturated carbocycles. The number of H-pyrrole nitrogens is 1. The largest absolute Gasteiger partial charge is 0.486 e. The minimum atomic E-state index is -0.352. The number of ether oxygens (including phenoxy) is 1. The molecule has 4 aromatic rings. The maximum atomic E-state index is 6.38. The lowest BCUT2D eigenvalue weighted by Gasteiger charge is -2.17. The number of nitrogens with one attached hydrogen (secondary N) is 1. The third-order valence-corrected chi connectivity index (χ3v) is 7.16. The number of benzene rings is 1. The van der Waals surface area contributed by atoms with Crippen LogP contribution >= 0.6 is 23.2 Å². The molecule has 1 unspecified atom stereocenters. The van der Waals surface area contributed by atoms with Gasteiger partial charge >= 0.3 is 0 Å². The molecule has 0 saturated heterocycles. The Labute approximate surface area is 240 Å². The lowest BCUT2D eigenvalue weighted by Crippen LogP contribution is -2.11. The van der Waals surface area contributed by atoms with Gasteiger partial charge in [-0.3, -0.25) is 15.1 Å². The number of nitrogens with two attached hydrogens (primary N) is 1. The summed E-state index contributed by atoms with van der Waals surface area (Å²) in [5, 5.41) is 9.42. The first-order chi connectivity index (χ1) is 19.0. The number of hydrogen-bond acceptors (Lipinski definition) is 5. The molecule has 1 aromatic carbocycles. The van der Waals surface area contributed by atoms with E-state index in [2.05, 4.69) is 39.2 Å². The van der Waals surface area contributed by atoms with Crippen LogP contribution in [0.2, 0.25) is 10.0 Å². The first-order valence-corrected chi connectivity index (χ1v) is 14.2. The summed E-state index contributed by atoms with van der Waals surface area (Å²) in [5.41, 5.74) is 10.7. The minimum absolute atomic E-state index is 0.0457. The molecule has 0 aliphatic carbocycles. The van der Waals surface area contributed by atoms with E-state index in [1.807, 2.05) is 55.6 Å². The molecule has 3 N–H and O–H groups in total. The quantitative estimate of drug-likeness (QED) is 0.125. The molecule has 0 bridgehead atoms. The molecule has 0 amide bonds. The van der Waals surface area contributed by atoms with E-state index in [0.29, 0.717) is 21.4 Å². The minimum Gasteiger partial charge on any atom is -0.486 e. The van der Waals surface area contributed by atoms with Crippen LogP contribution in [-0.4, -0.2) is 20.2 Å². The van der Waals surface area contributed by atoms with Gasteiger partial charge in [0, 0.05) is 35.6 Å².